The Morgan fingerprint density at radius 1 is 0.375 bits per heavy atom. The molecule has 10 aromatic rings. The maximum absolute atomic E-state index is 2.67. The average Bonchev–Trinajstić information content (AvgIpc) is 3.68. The van der Waals surface area contributed by atoms with Crippen molar-refractivity contribution in [1.82, 2.24) is 4.57 Å². The van der Waals surface area contributed by atoms with Crippen LogP contribution in [0.1, 0.15) is 86.1 Å². The van der Waals surface area contributed by atoms with E-state index in [1.54, 1.807) is 0 Å². The SMILES string of the molecule is Cc1cc(C)c(N2c3cc(-c4ccccc4)c(C(C)(C)C)cc3B3c4cc(C(C)(C)C)c(-c5ccccc5)cc4N(c4c(C)cc(C)cc4C)c4cc(-n5c6ccccc6c6ccccc65)cc2c43)c(C)c1. The highest BCUT2D eigenvalue weighted by Gasteiger charge is 2.46. The van der Waals surface area contributed by atoms with Crippen molar-refractivity contribution in [2.24, 2.45) is 0 Å². The zero-order chi connectivity index (χ0) is 50.1. The lowest BCUT2D eigenvalue weighted by atomic mass is 9.33. The van der Waals surface area contributed by atoms with E-state index in [0.717, 1.165) is 5.69 Å². The van der Waals surface area contributed by atoms with E-state index in [2.05, 4.69) is 267 Å². The lowest BCUT2D eigenvalue weighted by Crippen LogP contribution is -2.62. The minimum atomic E-state index is -0.155. The van der Waals surface area contributed by atoms with Crippen molar-refractivity contribution in [3.05, 3.63) is 214 Å². The van der Waals surface area contributed by atoms with Crippen LogP contribution in [0.5, 0.6) is 0 Å². The van der Waals surface area contributed by atoms with E-state index < -0.39 is 0 Å². The molecule has 0 fully saturated rings. The molecule has 0 aliphatic carbocycles. The second-order valence-electron chi connectivity index (χ2n) is 23.0. The minimum Gasteiger partial charge on any atom is -0.311 e. The van der Waals surface area contributed by atoms with Gasteiger partial charge in [-0.25, -0.2) is 0 Å². The van der Waals surface area contributed by atoms with Gasteiger partial charge in [0.15, 0.2) is 0 Å². The molecule has 0 atom stereocenters. The fraction of sp³-hybridized carbons (Fsp3) is 0.206. The monoisotopic (exact) mass is 934 g/mol. The third-order valence-electron chi connectivity index (χ3n) is 15.7. The Hall–Kier alpha value is -7.56. The molecule has 1 aromatic heterocycles. The average molecular weight is 934 g/mol. The van der Waals surface area contributed by atoms with E-state index in [4.69, 9.17) is 0 Å². The second-order valence-corrected chi connectivity index (χ2v) is 23.0. The van der Waals surface area contributed by atoms with Crippen molar-refractivity contribution in [3.8, 4) is 27.9 Å². The summed E-state index contributed by atoms with van der Waals surface area (Å²) < 4.78 is 2.53. The van der Waals surface area contributed by atoms with Gasteiger partial charge in [0.25, 0.3) is 6.71 Å². The van der Waals surface area contributed by atoms with Crippen LogP contribution in [0.4, 0.5) is 34.1 Å². The summed E-state index contributed by atoms with van der Waals surface area (Å²) in [6.45, 7) is 27.9. The summed E-state index contributed by atoms with van der Waals surface area (Å²) in [5, 5.41) is 2.50. The maximum atomic E-state index is 2.67. The molecule has 0 N–H and O–H groups in total. The number of hydrogen-bond donors (Lipinski definition) is 0. The Bertz CT molecular complexity index is 3550. The van der Waals surface area contributed by atoms with Crippen LogP contribution in [0, 0.1) is 41.5 Å². The van der Waals surface area contributed by atoms with E-state index in [9.17, 15) is 0 Å². The van der Waals surface area contributed by atoms with Gasteiger partial charge in [0.1, 0.15) is 0 Å². The predicted molar refractivity (Wildman–Crippen MR) is 311 cm³/mol. The molecule has 12 rings (SSSR count). The maximum Gasteiger partial charge on any atom is 0.252 e. The number of aryl methyl sites for hydroxylation is 6. The Morgan fingerprint density at radius 2 is 0.736 bits per heavy atom. The Kier molecular flexibility index (Phi) is 10.4. The lowest BCUT2D eigenvalue weighted by molar-refractivity contribution is 0.592. The molecule has 0 radical (unpaired) electrons. The topological polar surface area (TPSA) is 11.4 Å². The number of nitrogens with zero attached hydrogens (tertiary/aromatic N) is 3. The molecular formula is C68H64BN3. The van der Waals surface area contributed by atoms with Gasteiger partial charge in [-0.05, 0) is 161 Å². The first-order chi connectivity index (χ1) is 34.5. The van der Waals surface area contributed by atoms with Gasteiger partial charge in [-0.3, -0.25) is 0 Å². The number of benzene rings is 9. The molecule has 4 heteroatoms. The van der Waals surface area contributed by atoms with Crippen LogP contribution >= 0.6 is 0 Å². The molecular weight excluding hydrogens is 870 g/mol. The van der Waals surface area contributed by atoms with Crippen molar-refractivity contribution in [3.63, 3.8) is 0 Å². The van der Waals surface area contributed by atoms with Crippen molar-refractivity contribution in [2.45, 2.75) is 93.9 Å². The van der Waals surface area contributed by atoms with Gasteiger partial charge in [0.05, 0.1) is 28.1 Å². The normalized spacial score (nSPS) is 13.2. The van der Waals surface area contributed by atoms with Crippen LogP contribution in [0.3, 0.4) is 0 Å². The van der Waals surface area contributed by atoms with E-state index >= 15 is 0 Å². The summed E-state index contributed by atoms with van der Waals surface area (Å²) in [4.78, 5) is 5.35. The van der Waals surface area contributed by atoms with Gasteiger partial charge in [-0.15, -0.1) is 0 Å². The van der Waals surface area contributed by atoms with E-state index in [-0.39, 0.29) is 17.5 Å². The summed E-state index contributed by atoms with van der Waals surface area (Å²) >= 11 is 0. The molecule has 0 saturated carbocycles. The number of anilines is 6. The highest BCUT2D eigenvalue weighted by Crippen LogP contribution is 2.51. The van der Waals surface area contributed by atoms with Crippen LogP contribution in [0.25, 0.3) is 49.7 Å². The van der Waals surface area contributed by atoms with Gasteiger partial charge in [0, 0.05) is 33.5 Å². The van der Waals surface area contributed by atoms with E-state index in [1.165, 1.54) is 139 Å². The number of rotatable bonds is 5. The minimum absolute atomic E-state index is 0.0892. The van der Waals surface area contributed by atoms with Crippen molar-refractivity contribution >= 4 is 79.0 Å². The van der Waals surface area contributed by atoms with Crippen LogP contribution < -0.4 is 26.2 Å². The van der Waals surface area contributed by atoms with Gasteiger partial charge >= 0.3 is 0 Å². The molecule has 9 aromatic carbocycles. The molecule has 3 nitrogen and oxygen atoms in total. The Balaban J connectivity index is 1.32. The van der Waals surface area contributed by atoms with E-state index in [0.29, 0.717) is 0 Å². The molecule has 72 heavy (non-hydrogen) atoms. The lowest BCUT2D eigenvalue weighted by Gasteiger charge is -2.46. The number of hydrogen-bond acceptors (Lipinski definition) is 2. The third kappa shape index (κ3) is 7.08. The zero-order valence-electron chi connectivity index (χ0n) is 44.1. The summed E-state index contributed by atoms with van der Waals surface area (Å²) in [7, 11) is 0. The van der Waals surface area contributed by atoms with Crippen molar-refractivity contribution in [2.75, 3.05) is 9.80 Å². The first-order valence-corrected chi connectivity index (χ1v) is 25.9. The smallest absolute Gasteiger partial charge is 0.252 e. The van der Waals surface area contributed by atoms with Gasteiger partial charge in [0.2, 0.25) is 0 Å². The Labute approximate surface area is 427 Å². The summed E-state index contributed by atoms with van der Waals surface area (Å²) in [5.74, 6) is 0. The van der Waals surface area contributed by atoms with Crippen LogP contribution in [-0.2, 0) is 10.8 Å². The second kappa shape index (κ2) is 16.5. The number of fused-ring (bicyclic) bond motifs is 7. The quantitative estimate of drug-likeness (QED) is 0.159. The first kappa shape index (κ1) is 45.6. The van der Waals surface area contributed by atoms with Crippen molar-refractivity contribution in [1.29, 1.82) is 0 Å². The molecule has 0 saturated heterocycles. The number of aromatic nitrogens is 1. The molecule has 0 unspecified atom stereocenters. The molecule has 2 aliphatic heterocycles. The van der Waals surface area contributed by atoms with Crippen LogP contribution in [-0.4, -0.2) is 11.3 Å². The Morgan fingerprint density at radius 3 is 1.11 bits per heavy atom. The summed E-state index contributed by atoms with van der Waals surface area (Å²) in [6.07, 6.45) is 0. The highest BCUT2D eigenvalue weighted by molar-refractivity contribution is 7.00. The molecule has 0 spiro atoms. The third-order valence-corrected chi connectivity index (χ3v) is 15.7. The molecule has 0 bridgehead atoms. The van der Waals surface area contributed by atoms with Gasteiger partial charge < -0.3 is 14.4 Å². The summed E-state index contributed by atoms with van der Waals surface area (Å²) in [5.41, 5.74) is 29.9. The molecule has 0 amide bonds. The largest absolute Gasteiger partial charge is 0.311 e. The summed E-state index contributed by atoms with van der Waals surface area (Å²) in [6, 6.07) is 65.0. The van der Waals surface area contributed by atoms with E-state index in [1.807, 2.05) is 0 Å². The standard InChI is InChI=1S/C68H64BN3/c1-41-31-43(3)65(44(4)32-41)71-60-37-52(47-23-15-13-16-24-47)54(67(7,8)9)39-56(60)69-57-40-55(68(10,11)12)53(48-25-17-14-18-26-48)38-61(57)72(66-45(5)33-42(2)34-46(66)6)63-36-49(35-62(71)64(63)69)70-58-29-21-19-27-50(58)51-28-20-22-30-59(51)70/h13-40H,1-12H3. The fourth-order valence-corrected chi connectivity index (χ4v) is 12.9. The zero-order valence-corrected chi connectivity index (χ0v) is 44.1. The molecule has 2 aliphatic rings. The number of para-hydroxylation sites is 2. The van der Waals surface area contributed by atoms with Crippen LogP contribution in [0.2, 0.25) is 0 Å². The van der Waals surface area contributed by atoms with Gasteiger partial charge in [-0.2, -0.15) is 0 Å². The van der Waals surface area contributed by atoms with Gasteiger partial charge in [-0.1, -0.05) is 186 Å². The molecule has 354 valence electrons. The fourth-order valence-electron chi connectivity index (χ4n) is 12.9. The highest BCUT2D eigenvalue weighted by atomic mass is 15.2. The molecule has 3 heterocycles. The van der Waals surface area contributed by atoms with Crippen LogP contribution in [0.15, 0.2) is 170 Å². The van der Waals surface area contributed by atoms with Crippen molar-refractivity contribution < 1.29 is 0 Å². The predicted octanol–water partition coefficient (Wildman–Crippen LogP) is 16.6. The first-order valence-electron chi connectivity index (χ1n) is 25.9.